The SMILES string of the molecule is CS(=O)(=O)c1cc(NN=C(C#N)C#N)cc(C(=O)O)c1. The van der Waals surface area contributed by atoms with E-state index in [-0.39, 0.29) is 16.1 Å². The van der Waals surface area contributed by atoms with Crippen molar-refractivity contribution in [3.63, 3.8) is 0 Å². The molecule has 102 valence electrons. The molecule has 2 N–H and O–H groups in total. The number of carboxylic acids is 1. The molecule has 0 saturated carbocycles. The van der Waals surface area contributed by atoms with Gasteiger partial charge in [-0.3, -0.25) is 5.43 Å². The number of benzene rings is 1. The summed E-state index contributed by atoms with van der Waals surface area (Å²) in [6, 6.07) is 6.28. The van der Waals surface area contributed by atoms with E-state index >= 15 is 0 Å². The number of hydrazone groups is 1. The molecule has 0 bridgehead atoms. The van der Waals surface area contributed by atoms with Crippen LogP contribution in [0.2, 0.25) is 0 Å². The van der Waals surface area contributed by atoms with Gasteiger partial charge in [0.1, 0.15) is 12.1 Å². The first-order valence-electron chi connectivity index (χ1n) is 5.00. The van der Waals surface area contributed by atoms with Crippen LogP contribution in [0, 0.1) is 22.7 Å². The number of rotatable bonds is 4. The second-order valence-electron chi connectivity index (χ2n) is 3.62. The lowest BCUT2D eigenvalue weighted by molar-refractivity contribution is 0.0696. The minimum Gasteiger partial charge on any atom is -0.478 e. The molecule has 0 amide bonds. The van der Waals surface area contributed by atoms with E-state index in [9.17, 15) is 13.2 Å². The second kappa shape index (κ2) is 5.82. The second-order valence-corrected chi connectivity index (χ2v) is 5.63. The number of hydrogen-bond acceptors (Lipinski definition) is 7. The minimum absolute atomic E-state index is 0.0355. The van der Waals surface area contributed by atoms with Gasteiger partial charge in [-0.05, 0) is 18.2 Å². The van der Waals surface area contributed by atoms with Gasteiger partial charge in [-0.25, -0.2) is 13.2 Å². The van der Waals surface area contributed by atoms with Gasteiger partial charge in [0.15, 0.2) is 9.84 Å². The van der Waals surface area contributed by atoms with Gasteiger partial charge < -0.3 is 5.11 Å². The Balaban J connectivity index is 3.32. The summed E-state index contributed by atoms with van der Waals surface area (Å²) < 4.78 is 22.9. The monoisotopic (exact) mass is 292 g/mol. The van der Waals surface area contributed by atoms with Crippen LogP contribution in [0.15, 0.2) is 28.2 Å². The first-order valence-corrected chi connectivity index (χ1v) is 6.89. The lowest BCUT2D eigenvalue weighted by Crippen LogP contribution is -2.05. The highest BCUT2D eigenvalue weighted by Crippen LogP contribution is 2.19. The summed E-state index contributed by atoms with van der Waals surface area (Å²) in [5.74, 6) is -1.32. The molecule has 9 heteroatoms. The van der Waals surface area contributed by atoms with Crippen molar-refractivity contribution >= 4 is 27.2 Å². The molecule has 1 aromatic carbocycles. The van der Waals surface area contributed by atoms with E-state index < -0.39 is 21.5 Å². The molecule has 0 aliphatic rings. The third-order valence-electron chi connectivity index (χ3n) is 2.09. The summed E-state index contributed by atoms with van der Waals surface area (Å²) in [5.41, 5.74) is 1.56. The van der Waals surface area contributed by atoms with Crippen LogP contribution in [0.1, 0.15) is 10.4 Å². The molecule has 0 radical (unpaired) electrons. The number of carbonyl (C=O) groups is 1. The predicted octanol–water partition coefficient (Wildman–Crippen LogP) is 0.603. The summed E-state index contributed by atoms with van der Waals surface area (Å²) in [6.45, 7) is 0. The maximum absolute atomic E-state index is 11.4. The number of nitriles is 2. The third-order valence-corrected chi connectivity index (χ3v) is 3.18. The van der Waals surface area contributed by atoms with Crippen LogP contribution in [0.4, 0.5) is 5.69 Å². The van der Waals surface area contributed by atoms with Gasteiger partial charge >= 0.3 is 5.97 Å². The number of aromatic carboxylic acids is 1. The Morgan fingerprint density at radius 2 is 1.90 bits per heavy atom. The zero-order valence-corrected chi connectivity index (χ0v) is 11.0. The highest BCUT2D eigenvalue weighted by molar-refractivity contribution is 7.90. The number of nitrogens with one attached hydrogen (secondary N) is 1. The molecule has 20 heavy (non-hydrogen) atoms. The molecule has 8 nitrogen and oxygen atoms in total. The highest BCUT2D eigenvalue weighted by atomic mass is 32.2. The first-order chi connectivity index (χ1) is 9.27. The summed E-state index contributed by atoms with van der Waals surface area (Å²) >= 11 is 0. The predicted molar refractivity (Wildman–Crippen MR) is 68.8 cm³/mol. The molecular formula is C11H8N4O4S. The van der Waals surface area contributed by atoms with Crippen LogP contribution >= 0.6 is 0 Å². The minimum atomic E-state index is -3.61. The molecule has 0 atom stereocenters. The van der Waals surface area contributed by atoms with Crippen molar-refractivity contribution in [1.29, 1.82) is 10.5 Å². The van der Waals surface area contributed by atoms with Crippen molar-refractivity contribution in [3.8, 4) is 12.1 Å². The van der Waals surface area contributed by atoms with Gasteiger partial charge in [-0.15, -0.1) is 0 Å². The largest absolute Gasteiger partial charge is 0.478 e. The molecule has 0 spiro atoms. The van der Waals surface area contributed by atoms with E-state index in [1.54, 1.807) is 0 Å². The normalized spacial score (nSPS) is 9.95. The lowest BCUT2D eigenvalue weighted by Gasteiger charge is -2.05. The number of nitrogens with zero attached hydrogens (tertiary/aromatic N) is 3. The summed E-state index contributed by atoms with van der Waals surface area (Å²) in [4.78, 5) is 10.7. The van der Waals surface area contributed by atoms with E-state index in [4.69, 9.17) is 15.6 Å². The molecule has 0 heterocycles. The Hall–Kier alpha value is -2.91. The number of sulfone groups is 1. The van der Waals surface area contributed by atoms with Gasteiger partial charge in [0.2, 0.25) is 5.71 Å². The highest BCUT2D eigenvalue weighted by Gasteiger charge is 2.13. The van der Waals surface area contributed by atoms with E-state index in [2.05, 4.69) is 10.5 Å². The van der Waals surface area contributed by atoms with Crippen molar-refractivity contribution in [2.45, 2.75) is 4.90 Å². The van der Waals surface area contributed by atoms with Crippen LogP contribution in [-0.4, -0.2) is 31.5 Å². The quantitative estimate of drug-likeness (QED) is 0.610. The molecular weight excluding hydrogens is 284 g/mol. The van der Waals surface area contributed by atoms with Gasteiger partial charge in [0.05, 0.1) is 16.1 Å². The van der Waals surface area contributed by atoms with Crippen LogP contribution in [-0.2, 0) is 9.84 Å². The van der Waals surface area contributed by atoms with Gasteiger partial charge in [0, 0.05) is 6.26 Å². The number of hydrogen-bond donors (Lipinski definition) is 2. The van der Waals surface area contributed by atoms with Crippen LogP contribution in [0.3, 0.4) is 0 Å². The van der Waals surface area contributed by atoms with Crippen molar-refractivity contribution in [1.82, 2.24) is 0 Å². The fourth-order valence-corrected chi connectivity index (χ4v) is 1.88. The van der Waals surface area contributed by atoms with Crippen LogP contribution in [0.5, 0.6) is 0 Å². The van der Waals surface area contributed by atoms with Gasteiger partial charge in [0.25, 0.3) is 0 Å². The van der Waals surface area contributed by atoms with Crippen molar-refractivity contribution in [2.75, 3.05) is 11.7 Å². The maximum atomic E-state index is 11.4. The average Bonchev–Trinajstić information content (AvgIpc) is 2.38. The van der Waals surface area contributed by atoms with Crippen LogP contribution in [0.25, 0.3) is 0 Å². The average molecular weight is 292 g/mol. The Morgan fingerprint density at radius 1 is 1.30 bits per heavy atom. The molecule has 0 saturated heterocycles. The van der Waals surface area contributed by atoms with Crippen molar-refractivity contribution < 1.29 is 18.3 Å². The van der Waals surface area contributed by atoms with Crippen LogP contribution < -0.4 is 5.43 Å². The Bertz CT molecular complexity index is 753. The third kappa shape index (κ3) is 3.80. The zero-order valence-electron chi connectivity index (χ0n) is 10.2. The lowest BCUT2D eigenvalue weighted by atomic mass is 10.2. The fraction of sp³-hybridized carbons (Fsp3) is 0.0909. The number of carboxylic acid groups (broad SMARTS) is 1. The Labute approximate surface area is 114 Å². The Kier molecular flexibility index (Phi) is 4.41. The van der Waals surface area contributed by atoms with E-state index in [1.807, 2.05) is 0 Å². The fourth-order valence-electron chi connectivity index (χ4n) is 1.20. The van der Waals surface area contributed by atoms with Crippen molar-refractivity contribution in [3.05, 3.63) is 23.8 Å². The van der Waals surface area contributed by atoms with E-state index in [0.29, 0.717) is 0 Å². The molecule has 0 aliphatic heterocycles. The topological polar surface area (TPSA) is 143 Å². The standard InChI is InChI=1S/C11H8N4O4S/c1-20(18,19)10-3-7(11(16)17)2-8(4-10)14-15-9(5-12)6-13/h2-4,14H,1H3,(H,16,17). The first kappa shape index (κ1) is 15.1. The molecule has 1 aromatic rings. The molecule has 0 fully saturated rings. The molecule has 0 aliphatic carbocycles. The summed E-state index contributed by atoms with van der Waals surface area (Å²) in [5, 5.41) is 29.3. The smallest absolute Gasteiger partial charge is 0.335 e. The molecule has 1 rings (SSSR count). The summed E-state index contributed by atoms with van der Waals surface area (Å²) in [6.07, 6.45) is 0.928. The maximum Gasteiger partial charge on any atom is 0.335 e. The zero-order chi connectivity index (χ0) is 15.3. The Morgan fingerprint density at radius 3 is 2.35 bits per heavy atom. The molecule has 0 aromatic heterocycles. The van der Waals surface area contributed by atoms with Gasteiger partial charge in [-0.2, -0.15) is 15.6 Å². The number of anilines is 1. The van der Waals surface area contributed by atoms with Crippen molar-refractivity contribution in [2.24, 2.45) is 5.10 Å². The van der Waals surface area contributed by atoms with E-state index in [1.165, 1.54) is 12.1 Å². The molecule has 0 unspecified atom stereocenters. The van der Waals surface area contributed by atoms with E-state index in [0.717, 1.165) is 24.5 Å². The van der Waals surface area contributed by atoms with Gasteiger partial charge in [-0.1, -0.05) is 0 Å². The summed E-state index contributed by atoms with van der Waals surface area (Å²) in [7, 11) is -3.61.